The second kappa shape index (κ2) is 11.9. The van der Waals surface area contributed by atoms with Gasteiger partial charge in [-0.05, 0) is 54.8 Å². The lowest BCUT2D eigenvalue weighted by Gasteiger charge is -2.37. The summed E-state index contributed by atoms with van der Waals surface area (Å²) in [5, 5.41) is 17.3. The van der Waals surface area contributed by atoms with E-state index in [1.807, 2.05) is 30.3 Å². The van der Waals surface area contributed by atoms with Gasteiger partial charge in [0.2, 0.25) is 0 Å². The molecule has 0 bridgehead atoms. The van der Waals surface area contributed by atoms with Gasteiger partial charge in [-0.15, -0.1) is 0 Å². The summed E-state index contributed by atoms with van der Waals surface area (Å²) in [6.07, 6.45) is 8.61. The average molecular weight is 551 g/mol. The van der Waals surface area contributed by atoms with Gasteiger partial charge in [0.05, 0.1) is 12.6 Å². The molecule has 0 saturated carbocycles. The van der Waals surface area contributed by atoms with Gasteiger partial charge in [-0.2, -0.15) is 0 Å². The maximum absolute atomic E-state index is 12.9. The Morgan fingerprint density at radius 1 is 1.23 bits per heavy atom. The van der Waals surface area contributed by atoms with Crippen LogP contribution in [0, 0.1) is 5.92 Å². The van der Waals surface area contributed by atoms with Gasteiger partial charge in [-0.3, -0.25) is 14.7 Å². The largest absolute Gasteiger partial charge is 0.491 e. The summed E-state index contributed by atoms with van der Waals surface area (Å²) in [5.41, 5.74) is 3.64. The predicted octanol–water partition coefficient (Wildman–Crippen LogP) is 3.69. The van der Waals surface area contributed by atoms with Gasteiger partial charge in [0.25, 0.3) is 5.91 Å². The lowest BCUT2D eigenvalue weighted by molar-refractivity contribution is 0.0843. The molecule has 1 aromatic heterocycles. The van der Waals surface area contributed by atoms with Crippen LogP contribution >= 0.6 is 11.6 Å². The zero-order chi connectivity index (χ0) is 27.4. The number of nitrogens with one attached hydrogen (secondary N) is 2. The molecule has 1 aromatic carbocycles. The standard InChI is InChI=1S/C29H31ClN4O5/c1-2-38-29(37)34-14-11-23-24-15-20(30)5-8-25(24)33-26(23)27(34)18-3-6-22(7-4-18)39-17-21(35)16-32-28(36)19-9-12-31-13-10-19/h3-10,12-13,15,21,24-25,27,33,35H,2,11,14,16-17H2,1H3,(H,32,36). The second-order valence-corrected chi connectivity index (χ2v) is 10.0. The fraction of sp³-hybridized carbons (Fsp3) is 0.345. The molecule has 4 unspecified atom stereocenters. The van der Waals surface area contributed by atoms with E-state index >= 15 is 0 Å². The van der Waals surface area contributed by atoms with Gasteiger partial charge in [0.1, 0.15) is 24.5 Å². The summed E-state index contributed by atoms with van der Waals surface area (Å²) < 4.78 is 11.1. The quantitative estimate of drug-likeness (QED) is 0.459. The van der Waals surface area contributed by atoms with Crippen molar-refractivity contribution >= 4 is 23.6 Å². The topological polar surface area (TPSA) is 113 Å². The molecule has 2 amide bonds. The van der Waals surface area contributed by atoms with Gasteiger partial charge in [0.15, 0.2) is 0 Å². The van der Waals surface area contributed by atoms with Crippen LogP contribution in [-0.2, 0) is 4.74 Å². The number of fused-ring (bicyclic) bond motifs is 2. The van der Waals surface area contributed by atoms with Crippen molar-refractivity contribution in [1.29, 1.82) is 0 Å². The number of aliphatic hydroxyl groups excluding tert-OH is 1. The number of aliphatic hydroxyl groups is 1. The van der Waals surface area contributed by atoms with Crippen LogP contribution < -0.4 is 15.4 Å². The SMILES string of the molecule is CCOC(=O)N1CCC2=C(NC3C=CC(Cl)=CC23)C1c1ccc(OCC(O)CNC(=O)c2ccncc2)cc1. The minimum absolute atomic E-state index is 0.00793. The van der Waals surface area contributed by atoms with Crippen LogP contribution in [0.4, 0.5) is 4.79 Å². The van der Waals surface area contributed by atoms with Gasteiger partial charge in [0, 0.05) is 47.7 Å². The van der Waals surface area contributed by atoms with Gasteiger partial charge in [-0.1, -0.05) is 35.9 Å². The summed E-state index contributed by atoms with van der Waals surface area (Å²) in [5.74, 6) is 0.436. The van der Waals surface area contributed by atoms with Crippen molar-refractivity contribution in [1.82, 2.24) is 20.5 Å². The molecule has 2 aromatic rings. The van der Waals surface area contributed by atoms with E-state index in [0.29, 0.717) is 24.5 Å². The van der Waals surface area contributed by atoms with Crippen LogP contribution in [0.3, 0.4) is 0 Å². The fourth-order valence-electron chi connectivity index (χ4n) is 5.20. The predicted molar refractivity (Wildman–Crippen MR) is 146 cm³/mol. The third-order valence-corrected chi connectivity index (χ3v) is 7.30. The third kappa shape index (κ3) is 5.94. The van der Waals surface area contributed by atoms with Crippen molar-refractivity contribution in [2.24, 2.45) is 5.92 Å². The fourth-order valence-corrected chi connectivity index (χ4v) is 5.41. The number of rotatable bonds is 8. The molecule has 204 valence electrons. The summed E-state index contributed by atoms with van der Waals surface area (Å²) in [6.45, 7) is 2.69. The van der Waals surface area contributed by atoms with E-state index in [1.54, 1.807) is 24.0 Å². The molecule has 0 radical (unpaired) electrons. The molecule has 4 atom stereocenters. The van der Waals surface area contributed by atoms with Crippen molar-refractivity contribution in [3.8, 4) is 5.75 Å². The number of nitrogens with zero attached hydrogens (tertiary/aromatic N) is 2. The Balaban J connectivity index is 1.26. The van der Waals surface area contributed by atoms with Crippen molar-refractivity contribution in [2.75, 3.05) is 26.3 Å². The van der Waals surface area contributed by atoms with Crippen LogP contribution in [0.15, 0.2) is 83.3 Å². The van der Waals surface area contributed by atoms with Gasteiger partial charge < -0.3 is 25.2 Å². The molecule has 9 nitrogen and oxygen atoms in total. The normalized spacial score (nSPS) is 22.3. The Labute approximate surface area is 232 Å². The zero-order valence-corrected chi connectivity index (χ0v) is 22.3. The Bertz CT molecular complexity index is 1290. The molecule has 0 saturated heterocycles. The van der Waals surface area contributed by atoms with E-state index in [2.05, 4.69) is 27.8 Å². The molecule has 0 spiro atoms. The van der Waals surface area contributed by atoms with E-state index in [0.717, 1.165) is 22.7 Å². The Hall–Kier alpha value is -3.82. The van der Waals surface area contributed by atoms with E-state index in [9.17, 15) is 14.7 Å². The first-order valence-corrected chi connectivity index (χ1v) is 13.4. The summed E-state index contributed by atoms with van der Waals surface area (Å²) in [4.78, 5) is 30.7. The maximum atomic E-state index is 12.9. The van der Waals surface area contributed by atoms with Crippen LogP contribution in [-0.4, -0.2) is 65.4 Å². The number of ether oxygens (including phenoxy) is 2. The lowest BCUT2D eigenvalue weighted by Crippen LogP contribution is -2.42. The van der Waals surface area contributed by atoms with Crippen LogP contribution in [0.25, 0.3) is 0 Å². The van der Waals surface area contributed by atoms with Crippen molar-refractivity contribution < 1.29 is 24.2 Å². The smallest absolute Gasteiger partial charge is 0.410 e. The molecular weight excluding hydrogens is 520 g/mol. The monoisotopic (exact) mass is 550 g/mol. The minimum atomic E-state index is -0.889. The van der Waals surface area contributed by atoms with Crippen molar-refractivity contribution in [2.45, 2.75) is 31.5 Å². The third-order valence-electron chi connectivity index (χ3n) is 7.05. The lowest BCUT2D eigenvalue weighted by atomic mass is 9.85. The average Bonchev–Trinajstić information content (AvgIpc) is 3.33. The summed E-state index contributed by atoms with van der Waals surface area (Å²) in [7, 11) is 0. The zero-order valence-electron chi connectivity index (χ0n) is 21.5. The maximum Gasteiger partial charge on any atom is 0.410 e. The highest BCUT2D eigenvalue weighted by molar-refractivity contribution is 6.31. The highest BCUT2D eigenvalue weighted by atomic mass is 35.5. The highest BCUT2D eigenvalue weighted by Crippen LogP contribution is 2.44. The molecule has 2 aliphatic heterocycles. The molecule has 10 heteroatoms. The Morgan fingerprint density at radius 2 is 2.00 bits per heavy atom. The number of allylic oxidation sites excluding steroid dienone is 2. The van der Waals surface area contributed by atoms with E-state index in [4.69, 9.17) is 21.1 Å². The number of benzene rings is 1. The van der Waals surface area contributed by atoms with Crippen LogP contribution in [0.2, 0.25) is 0 Å². The number of aromatic nitrogens is 1. The number of halogens is 1. The van der Waals surface area contributed by atoms with E-state index in [1.165, 1.54) is 18.0 Å². The molecule has 1 aliphatic carbocycles. The number of carbonyl (C=O) groups is 2. The first-order valence-electron chi connectivity index (χ1n) is 13.0. The molecule has 5 rings (SSSR count). The number of carbonyl (C=O) groups excluding carboxylic acids is 2. The molecule has 3 aliphatic rings. The number of amides is 2. The van der Waals surface area contributed by atoms with E-state index < -0.39 is 6.10 Å². The molecule has 3 heterocycles. The number of pyridine rings is 1. The highest BCUT2D eigenvalue weighted by Gasteiger charge is 2.43. The second-order valence-electron chi connectivity index (χ2n) is 9.57. The van der Waals surface area contributed by atoms with Gasteiger partial charge >= 0.3 is 6.09 Å². The molecule has 3 N–H and O–H groups in total. The van der Waals surface area contributed by atoms with Crippen molar-refractivity contribution in [3.05, 3.63) is 94.4 Å². The molecule has 0 fully saturated rings. The van der Waals surface area contributed by atoms with Crippen LogP contribution in [0.5, 0.6) is 5.75 Å². The number of hydrogen-bond acceptors (Lipinski definition) is 7. The Kier molecular flexibility index (Phi) is 8.18. The van der Waals surface area contributed by atoms with E-state index in [-0.39, 0.29) is 43.2 Å². The van der Waals surface area contributed by atoms with Crippen LogP contribution in [0.1, 0.15) is 35.3 Å². The first kappa shape index (κ1) is 26.8. The first-order chi connectivity index (χ1) is 18.9. The summed E-state index contributed by atoms with van der Waals surface area (Å²) in [6, 6.07) is 10.4. The summed E-state index contributed by atoms with van der Waals surface area (Å²) >= 11 is 6.31. The van der Waals surface area contributed by atoms with Gasteiger partial charge in [-0.25, -0.2) is 4.79 Å². The Morgan fingerprint density at radius 3 is 2.74 bits per heavy atom. The number of hydrogen-bond donors (Lipinski definition) is 3. The molecule has 39 heavy (non-hydrogen) atoms. The molecular formula is C29H31ClN4O5. The minimum Gasteiger partial charge on any atom is -0.491 e. The van der Waals surface area contributed by atoms with Crippen molar-refractivity contribution in [3.63, 3.8) is 0 Å².